The molecule has 1 heterocycles. The molecule has 0 bridgehead atoms. The van der Waals surface area contributed by atoms with E-state index in [1.807, 2.05) is 6.92 Å². The Labute approximate surface area is 127 Å². The summed E-state index contributed by atoms with van der Waals surface area (Å²) in [5.41, 5.74) is 0.248. The highest BCUT2D eigenvalue weighted by Crippen LogP contribution is 2.53. The van der Waals surface area contributed by atoms with Crippen molar-refractivity contribution in [3.63, 3.8) is 0 Å². The predicted octanol–water partition coefficient (Wildman–Crippen LogP) is 1.44. The molecule has 1 saturated carbocycles. The van der Waals surface area contributed by atoms with E-state index in [0.717, 1.165) is 19.3 Å². The number of anilines is 1. The van der Waals surface area contributed by atoms with Gasteiger partial charge in [-0.1, -0.05) is 6.92 Å². The molecule has 0 aromatic carbocycles. The molecular weight excluding hydrogens is 290 g/mol. The number of H-pyrrole nitrogens is 1. The van der Waals surface area contributed by atoms with Gasteiger partial charge in [0.25, 0.3) is 0 Å². The molecule has 0 unspecified atom stereocenters. The number of carboxylic acids is 1. The van der Waals surface area contributed by atoms with Crippen LogP contribution in [0.25, 0.3) is 0 Å². The molecular formula is C14H19N3O5. The van der Waals surface area contributed by atoms with E-state index in [1.165, 1.54) is 0 Å². The van der Waals surface area contributed by atoms with E-state index < -0.39 is 24.3 Å². The average molecular weight is 309 g/mol. The number of ether oxygens (including phenoxy) is 1. The Kier molecular flexibility index (Phi) is 4.48. The number of nitrogens with zero attached hydrogens (tertiary/aromatic N) is 1. The average Bonchev–Trinajstić information content (AvgIpc) is 3.13. The van der Waals surface area contributed by atoms with Crippen LogP contribution in [0.3, 0.4) is 0 Å². The zero-order valence-corrected chi connectivity index (χ0v) is 12.6. The molecule has 1 aromatic rings. The van der Waals surface area contributed by atoms with Crippen LogP contribution in [0.15, 0.2) is 0 Å². The van der Waals surface area contributed by atoms with Gasteiger partial charge in [0.2, 0.25) is 5.91 Å². The maximum atomic E-state index is 11.9. The number of carboxylic acid groups (broad SMARTS) is 1. The van der Waals surface area contributed by atoms with Gasteiger partial charge in [0.05, 0.1) is 6.61 Å². The van der Waals surface area contributed by atoms with Gasteiger partial charge in [-0.3, -0.25) is 14.7 Å². The van der Waals surface area contributed by atoms with Crippen molar-refractivity contribution in [1.82, 2.24) is 10.2 Å². The van der Waals surface area contributed by atoms with Crippen molar-refractivity contribution in [1.29, 1.82) is 0 Å². The summed E-state index contributed by atoms with van der Waals surface area (Å²) in [6.07, 6.45) is 2.03. The number of aromatic carboxylic acids is 1. The monoisotopic (exact) mass is 309 g/mol. The van der Waals surface area contributed by atoms with Gasteiger partial charge in [-0.2, -0.15) is 5.10 Å². The predicted molar refractivity (Wildman–Crippen MR) is 76.6 cm³/mol. The lowest BCUT2D eigenvalue weighted by Gasteiger charge is -2.14. The number of aromatic amines is 1. The van der Waals surface area contributed by atoms with Gasteiger partial charge in [-0.25, -0.2) is 4.79 Å². The van der Waals surface area contributed by atoms with E-state index >= 15 is 0 Å². The van der Waals surface area contributed by atoms with E-state index in [4.69, 9.17) is 4.74 Å². The number of rotatable bonds is 7. The summed E-state index contributed by atoms with van der Waals surface area (Å²) in [7, 11) is 0. The summed E-state index contributed by atoms with van der Waals surface area (Å²) in [6, 6.07) is 0. The summed E-state index contributed by atoms with van der Waals surface area (Å²) in [5, 5.41) is 18.1. The van der Waals surface area contributed by atoms with Gasteiger partial charge in [-0.05, 0) is 26.2 Å². The van der Waals surface area contributed by atoms with Gasteiger partial charge in [0.15, 0.2) is 5.82 Å². The van der Waals surface area contributed by atoms with Crippen LogP contribution in [-0.4, -0.2) is 39.8 Å². The quantitative estimate of drug-likeness (QED) is 0.517. The number of hydrogen-bond donors (Lipinski definition) is 3. The summed E-state index contributed by atoms with van der Waals surface area (Å²) in [4.78, 5) is 34.5. The summed E-state index contributed by atoms with van der Waals surface area (Å²) in [5.74, 6) is -2.14. The highest BCUT2D eigenvalue weighted by molar-refractivity contribution is 6.02. The van der Waals surface area contributed by atoms with E-state index in [9.17, 15) is 19.5 Å². The van der Waals surface area contributed by atoms with Gasteiger partial charge in [-0.15, -0.1) is 0 Å². The third kappa shape index (κ3) is 3.10. The molecule has 8 heteroatoms. The zero-order chi connectivity index (χ0) is 16.3. The summed E-state index contributed by atoms with van der Waals surface area (Å²) < 4.78 is 4.70. The minimum atomic E-state index is -1.12. The largest absolute Gasteiger partial charge is 0.477 e. The molecule has 22 heavy (non-hydrogen) atoms. The fourth-order valence-electron chi connectivity index (χ4n) is 2.55. The fourth-order valence-corrected chi connectivity index (χ4v) is 2.55. The van der Waals surface area contributed by atoms with Crippen molar-refractivity contribution in [3.8, 4) is 0 Å². The summed E-state index contributed by atoms with van der Waals surface area (Å²) in [6.45, 7) is 3.82. The Morgan fingerprint density at radius 1 is 1.36 bits per heavy atom. The van der Waals surface area contributed by atoms with Crippen LogP contribution in [-0.2, 0) is 19.7 Å². The Balaban J connectivity index is 2.20. The maximum absolute atomic E-state index is 11.9. The number of nitrogens with one attached hydrogen (secondary N) is 2. The van der Waals surface area contributed by atoms with Crippen LogP contribution in [0.2, 0.25) is 0 Å². The summed E-state index contributed by atoms with van der Waals surface area (Å²) >= 11 is 0. The van der Waals surface area contributed by atoms with Crippen LogP contribution in [0.4, 0.5) is 5.82 Å². The van der Waals surface area contributed by atoms with E-state index in [2.05, 4.69) is 15.5 Å². The number of amides is 1. The topological polar surface area (TPSA) is 121 Å². The first-order chi connectivity index (χ1) is 10.4. The van der Waals surface area contributed by atoms with Crippen LogP contribution < -0.4 is 5.32 Å². The molecule has 0 saturated heterocycles. The number of hydrogen-bond acceptors (Lipinski definition) is 5. The van der Waals surface area contributed by atoms with E-state index in [1.54, 1.807) is 6.92 Å². The zero-order valence-electron chi connectivity index (χ0n) is 12.6. The molecule has 1 aliphatic rings. The van der Waals surface area contributed by atoms with Gasteiger partial charge >= 0.3 is 11.9 Å². The minimum absolute atomic E-state index is 0.00853. The molecule has 0 spiro atoms. The first-order valence-corrected chi connectivity index (χ1v) is 7.21. The fraction of sp³-hybridized carbons (Fsp3) is 0.571. The van der Waals surface area contributed by atoms with Crippen LogP contribution >= 0.6 is 0 Å². The standard InChI is InChI=1S/C14H19N3O5/c1-3-14(5-6-14)10-11(13(20)21)16-17-12(10)15-8(18)7-9(19)22-4-2/h3-7H2,1-2H3,(H,20,21)(H2,15,16,17,18). The normalized spacial score (nSPS) is 15.2. The van der Waals surface area contributed by atoms with Crippen molar-refractivity contribution < 1.29 is 24.2 Å². The van der Waals surface area contributed by atoms with Gasteiger partial charge in [0, 0.05) is 11.0 Å². The molecule has 120 valence electrons. The Morgan fingerprint density at radius 3 is 2.55 bits per heavy atom. The van der Waals surface area contributed by atoms with E-state index in [0.29, 0.717) is 5.56 Å². The first-order valence-electron chi connectivity index (χ1n) is 7.21. The molecule has 1 amide bonds. The van der Waals surface area contributed by atoms with Gasteiger partial charge in [0.1, 0.15) is 12.1 Å². The van der Waals surface area contributed by atoms with Crippen molar-refractivity contribution in [2.45, 2.75) is 44.9 Å². The smallest absolute Gasteiger partial charge is 0.354 e. The van der Waals surface area contributed by atoms with Crippen molar-refractivity contribution >= 4 is 23.7 Å². The molecule has 0 atom stereocenters. The second kappa shape index (κ2) is 6.17. The maximum Gasteiger partial charge on any atom is 0.354 e. The molecule has 8 nitrogen and oxygen atoms in total. The molecule has 1 fully saturated rings. The highest BCUT2D eigenvalue weighted by atomic mass is 16.5. The lowest BCUT2D eigenvalue weighted by atomic mass is 9.92. The van der Waals surface area contributed by atoms with Crippen molar-refractivity contribution in [2.24, 2.45) is 0 Å². The third-order valence-electron chi connectivity index (χ3n) is 3.91. The molecule has 2 rings (SSSR count). The Bertz CT molecular complexity index is 604. The SMILES string of the molecule is CCOC(=O)CC(=O)Nc1n[nH]c(C(=O)O)c1C1(CC)CC1. The second-order valence-electron chi connectivity index (χ2n) is 5.29. The van der Waals surface area contributed by atoms with Crippen molar-refractivity contribution in [2.75, 3.05) is 11.9 Å². The molecule has 1 aliphatic carbocycles. The van der Waals surface area contributed by atoms with Gasteiger partial charge < -0.3 is 15.2 Å². The van der Waals surface area contributed by atoms with E-state index in [-0.39, 0.29) is 23.5 Å². The Hall–Kier alpha value is -2.38. The second-order valence-corrected chi connectivity index (χ2v) is 5.29. The molecule has 1 aromatic heterocycles. The van der Waals surface area contributed by atoms with Crippen LogP contribution in [0, 0.1) is 0 Å². The number of aromatic nitrogens is 2. The number of carbonyl (C=O) groups is 3. The molecule has 0 aliphatic heterocycles. The lowest BCUT2D eigenvalue weighted by Crippen LogP contribution is -2.20. The minimum Gasteiger partial charge on any atom is -0.477 e. The lowest BCUT2D eigenvalue weighted by molar-refractivity contribution is -0.145. The Morgan fingerprint density at radius 2 is 2.05 bits per heavy atom. The van der Waals surface area contributed by atoms with Crippen LogP contribution in [0.5, 0.6) is 0 Å². The van der Waals surface area contributed by atoms with Crippen molar-refractivity contribution in [3.05, 3.63) is 11.3 Å². The molecule has 0 radical (unpaired) electrons. The first kappa shape index (κ1) is 16.0. The molecule has 3 N–H and O–H groups in total. The van der Waals surface area contributed by atoms with Crippen LogP contribution in [0.1, 0.15) is 55.6 Å². The highest BCUT2D eigenvalue weighted by Gasteiger charge is 2.48. The third-order valence-corrected chi connectivity index (χ3v) is 3.91. The number of esters is 1. The number of carbonyl (C=O) groups excluding carboxylic acids is 2.